The molecular weight excluding hydrogens is 168 g/mol. The van der Waals surface area contributed by atoms with Crippen LogP contribution in [0.25, 0.3) is 0 Å². The maximum Gasteiger partial charge on any atom is -0.0188 e. The summed E-state index contributed by atoms with van der Waals surface area (Å²) in [4.78, 5) is 0. The maximum atomic E-state index is 2.30. The molecule has 1 rings (SSSR count). The molecule has 80 valence electrons. The van der Waals surface area contributed by atoms with E-state index in [1.54, 1.807) is 5.56 Å². The standard InChI is InChI=1S/C12H18.C2H6/c1-5-9(2)12-10(3)7-6-8-11(12)4;1-2/h6-9H,5H2,1-4H3;1-2H3. The molecule has 0 bridgehead atoms. The Kier molecular flexibility index (Phi) is 6.27. The summed E-state index contributed by atoms with van der Waals surface area (Å²) in [6.07, 6.45) is 1.23. The smallest absolute Gasteiger partial charge is 0.0188 e. The third kappa shape index (κ3) is 3.17. The SMILES string of the molecule is CC.CCC(C)c1c(C)cccc1C. The zero-order chi connectivity index (χ0) is 11.1. The van der Waals surface area contributed by atoms with Gasteiger partial charge in [-0.15, -0.1) is 0 Å². The lowest BCUT2D eigenvalue weighted by Crippen LogP contribution is -1.97. The van der Waals surface area contributed by atoms with Gasteiger partial charge in [0.2, 0.25) is 0 Å². The molecule has 0 fully saturated rings. The van der Waals surface area contributed by atoms with Crippen molar-refractivity contribution in [3.8, 4) is 0 Å². The molecule has 14 heavy (non-hydrogen) atoms. The predicted octanol–water partition coefficient (Wildman–Crippen LogP) is 4.84. The molecule has 0 amide bonds. The number of benzene rings is 1. The molecule has 0 aliphatic rings. The summed E-state index contributed by atoms with van der Waals surface area (Å²) in [6.45, 7) is 13.0. The number of hydrogen-bond acceptors (Lipinski definition) is 0. The van der Waals surface area contributed by atoms with Crippen molar-refractivity contribution < 1.29 is 0 Å². The zero-order valence-corrected chi connectivity index (χ0v) is 10.5. The van der Waals surface area contributed by atoms with Gasteiger partial charge in [0.05, 0.1) is 0 Å². The van der Waals surface area contributed by atoms with Crippen LogP contribution >= 0.6 is 0 Å². The Balaban J connectivity index is 0.000000791. The van der Waals surface area contributed by atoms with Gasteiger partial charge >= 0.3 is 0 Å². The topological polar surface area (TPSA) is 0 Å². The molecule has 0 heteroatoms. The highest BCUT2D eigenvalue weighted by molar-refractivity contribution is 5.35. The number of aryl methyl sites for hydroxylation is 2. The monoisotopic (exact) mass is 192 g/mol. The second-order valence-corrected chi connectivity index (χ2v) is 3.61. The van der Waals surface area contributed by atoms with E-state index in [0.717, 1.165) is 0 Å². The summed E-state index contributed by atoms with van der Waals surface area (Å²) in [7, 11) is 0. The van der Waals surface area contributed by atoms with Crippen molar-refractivity contribution in [2.45, 2.75) is 53.9 Å². The van der Waals surface area contributed by atoms with Crippen LogP contribution in [-0.4, -0.2) is 0 Å². The molecule has 0 spiro atoms. The lowest BCUT2D eigenvalue weighted by atomic mass is 9.90. The lowest BCUT2D eigenvalue weighted by Gasteiger charge is -2.15. The van der Waals surface area contributed by atoms with Gasteiger partial charge in [0.1, 0.15) is 0 Å². The molecule has 0 saturated carbocycles. The van der Waals surface area contributed by atoms with Gasteiger partial charge in [0.25, 0.3) is 0 Å². The van der Waals surface area contributed by atoms with Crippen LogP contribution < -0.4 is 0 Å². The van der Waals surface area contributed by atoms with E-state index < -0.39 is 0 Å². The molecule has 0 N–H and O–H groups in total. The molecule has 0 saturated heterocycles. The third-order valence-electron chi connectivity index (χ3n) is 2.65. The second kappa shape index (κ2) is 6.64. The summed E-state index contributed by atoms with van der Waals surface area (Å²) < 4.78 is 0. The minimum atomic E-state index is 0.700. The minimum absolute atomic E-state index is 0.700. The van der Waals surface area contributed by atoms with Crippen molar-refractivity contribution >= 4 is 0 Å². The van der Waals surface area contributed by atoms with Crippen LogP contribution in [0.4, 0.5) is 0 Å². The highest BCUT2D eigenvalue weighted by Crippen LogP contribution is 2.25. The summed E-state index contributed by atoms with van der Waals surface area (Å²) in [5.74, 6) is 0.700. The molecular formula is C14H24. The Hall–Kier alpha value is -0.780. The van der Waals surface area contributed by atoms with E-state index in [4.69, 9.17) is 0 Å². The summed E-state index contributed by atoms with van der Waals surface area (Å²) >= 11 is 0. The van der Waals surface area contributed by atoms with Crippen LogP contribution in [0.1, 0.15) is 56.7 Å². The van der Waals surface area contributed by atoms with Gasteiger partial charge in [-0.05, 0) is 42.9 Å². The molecule has 1 atom stereocenters. The van der Waals surface area contributed by atoms with Crippen molar-refractivity contribution in [2.75, 3.05) is 0 Å². The van der Waals surface area contributed by atoms with Gasteiger partial charge in [-0.1, -0.05) is 45.9 Å². The van der Waals surface area contributed by atoms with Gasteiger partial charge in [0, 0.05) is 0 Å². The molecule has 0 aromatic heterocycles. The fraction of sp³-hybridized carbons (Fsp3) is 0.571. The molecule has 0 heterocycles. The van der Waals surface area contributed by atoms with Crippen LogP contribution in [0.3, 0.4) is 0 Å². The average molecular weight is 192 g/mol. The Labute approximate surface area is 89.4 Å². The van der Waals surface area contributed by atoms with Gasteiger partial charge < -0.3 is 0 Å². The highest BCUT2D eigenvalue weighted by atomic mass is 14.1. The van der Waals surface area contributed by atoms with Crippen LogP contribution in [0.15, 0.2) is 18.2 Å². The van der Waals surface area contributed by atoms with Crippen molar-refractivity contribution in [3.05, 3.63) is 34.9 Å². The van der Waals surface area contributed by atoms with Crippen LogP contribution in [-0.2, 0) is 0 Å². The Bertz CT molecular complexity index is 240. The Morgan fingerprint density at radius 2 is 1.50 bits per heavy atom. The first-order valence-electron chi connectivity index (χ1n) is 5.73. The van der Waals surface area contributed by atoms with E-state index in [1.807, 2.05) is 13.8 Å². The second-order valence-electron chi connectivity index (χ2n) is 3.61. The molecule has 1 aromatic carbocycles. The quantitative estimate of drug-likeness (QED) is 0.628. The fourth-order valence-corrected chi connectivity index (χ4v) is 1.81. The van der Waals surface area contributed by atoms with Gasteiger partial charge in [-0.3, -0.25) is 0 Å². The van der Waals surface area contributed by atoms with E-state index in [1.165, 1.54) is 17.5 Å². The summed E-state index contributed by atoms with van der Waals surface area (Å²) in [5, 5.41) is 0. The first-order chi connectivity index (χ1) is 6.66. The van der Waals surface area contributed by atoms with Crippen molar-refractivity contribution in [1.82, 2.24) is 0 Å². The van der Waals surface area contributed by atoms with Gasteiger partial charge in [-0.25, -0.2) is 0 Å². The van der Waals surface area contributed by atoms with Crippen LogP contribution in [0.5, 0.6) is 0 Å². The molecule has 1 aromatic rings. The third-order valence-corrected chi connectivity index (χ3v) is 2.65. The normalized spacial score (nSPS) is 11.6. The van der Waals surface area contributed by atoms with E-state index in [0.29, 0.717) is 5.92 Å². The molecule has 0 aliphatic heterocycles. The van der Waals surface area contributed by atoms with Crippen molar-refractivity contribution in [2.24, 2.45) is 0 Å². The van der Waals surface area contributed by atoms with E-state index in [9.17, 15) is 0 Å². The first-order valence-corrected chi connectivity index (χ1v) is 5.73. The maximum absolute atomic E-state index is 2.30. The Morgan fingerprint density at radius 3 is 1.86 bits per heavy atom. The van der Waals surface area contributed by atoms with Gasteiger partial charge in [-0.2, -0.15) is 0 Å². The van der Waals surface area contributed by atoms with E-state index >= 15 is 0 Å². The first kappa shape index (κ1) is 13.2. The largest absolute Gasteiger partial charge is 0.0683 e. The van der Waals surface area contributed by atoms with Crippen molar-refractivity contribution in [3.63, 3.8) is 0 Å². The van der Waals surface area contributed by atoms with E-state index in [2.05, 4.69) is 45.9 Å². The summed E-state index contributed by atoms with van der Waals surface area (Å²) in [5.41, 5.74) is 4.41. The fourth-order valence-electron chi connectivity index (χ4n) is 1.81. The highest BCUT2D eigenvalue weighted by Gasteiger charge is 2.07. The lowest BCUT2D eigenvalue weighted by molar-refractivity contribution is 0.723. The van der Waals surface area contributed by atoms with Crippen LogP contribution in [0.2, 0.25) is 0 Å². The van der Waals surface area contributed by atoms with Gasteiger partial charge in [0.15, 0.2) is 0 Å². The molecule has 0 nitrogen and oxygen atoms in total. The molecule has 0 radical (unpaired) electrons. The van der Waals surface area contributed by atoms with E-state index in [-0.39, 0.29) is 0 Å². The van der Waals surface area contributed by atoms with Crippen LogP contribution in [0, 0.1) is 13.8 Å². The minimum Gasteiger partial charge on any atom is -0.0683 e. The molecule has 1 unspecified atom stereocenters. The predicted molar refractivity (Wildman–Crippen MR) is 66.0 cm³/mol. The summed E-state index contributed by atoms with van der Waals surface area (Å²) in [6, 6.07) is 6.54. The zero-order valence-electron chi connectivity index (χ0n) is 10.5. The Morgan fingerprint density at radius 1 is 1.07 bits per heavy atom. The van der Waals surface area contributed by atoms with Crippen molar-refractivity contribution in [1.29, 1.82) is 0 Å². The molecule has 0 aliphatic carbocycles. The average Bonchev–Trinajstić information content (AvgIpc) is 2.20. The number of hydrogen-bond donors (Lipinski definition) is 0. The number of rotatable bonds is 2.